The van der Waals surface area contributed by atoms with Gasteiger partial charge in [0.25, 0.3) is 5.91 Å². The molecule has 6 nitrogen and oxygen atoms in total. The van der Waals surface area contributed by atoms with Gasteiger partial charge in [0.15, 0.2) is 0 Å². The number of urea groups is 1. The number of imide groups is 1. The van der Waals surface area contributed by atoms with Crippen LogP contribution in [0.15, 0.2) is 0 Å². The smallest absolute Gasteiger partial charge is 0.325 e. The van der Waals surface area contributed by atoms with Crippen LogP contribution in [0.25, 0.3) is 0 Å². The molecule has 0 bridgehead atoms. The van der Waals surface area contributed by atoms with E-state index in [1.807, 2.05) is 0 Å². The largest absolute Gasteiger partial charge is 0.341 e. The molecule has 1 N–H and O–H groups in total. The predicted molar refractivity (Wildman–Crippen MR) is 50.9 cm³/mol. The van der Waals surface area contributed by atoms with Crippen LogP contribution >= 0.6 is 0 Å². The molecule has 0 aromatic carbocycles. The van der Waals surface area contributed by atoms with E-state index >= 15 is 0 Å². The monoisotopic (exact) mass is 211 g/mol. The number of nitrogens with one attached hydrogen (secondary N) is 1. The van der Waals surface area contributed by atoms with Gasteiger partial charge in [0, 0.05) is 13.1 Å². The van der Waals surface area contributed by atoms with E-state index in [1.165, 1.54) is 0 Å². The predicted octanol–water partition coefficient (Wildman–Crippen LogP) is -0.839. The lowest BCUT2D eigenvalue weighted by Crippen LogP contribution is -2.42. The van der Waals surface area contributed by atoms with E-state index < -0.39 is 6.03 Å². The molecule has 0 aromatic heterocycles. The highest BCUT2D eigenvalue weighted by atomic mass is 16.2. The molecule has 0 aliphatic carbocycles. The fourth-order valence-electron chi connectivity index (χ4n) is 1.82. The Bertz CT molecular complexity index is 294. The zero-order valence-corrected chi connectivity index (χ0v) is 8.36. The van der Waals surface area contributed by atoms with Gasteiger partial charge in [0.2, 0.25) is 5.91 Å². The Labute approximate surface area is 87.2 Å². The molecule has 0 radical (unpaired) electrons. The lowest BCUT2D eigenvalue weighted by atomic mass is 10.4. The second kappa shape index (κ2) is 3.88. The Hall–Kier alpha value is -1.59. The molecule has 2 fully saturated rings. The zero-order valence-electron chi connectivity index (χ0n) is 8.36. The van der Waals surface area contributed by atoms with Crippen molar-refractivity contribution in [3.8, 4) is 0 Å². The van der Waals surface area contributed by atoms with Crippen molar-refractivity contribution >= 4 is 17.8 Å². The summed E-state index contributed by atoms with van der Waals surface area (Å²) in [5.74, 6) is -0.467. The Morgan fingerprint density at radius 1 is 1.27 bits per heavy atom. The SMILES string of the molecule is O=C(CN1C(=O)CNC1=O)N1CCCC1. The molecule has 0 unspecified atom stereocenters. The van der Waals surface area contributed by atoms with Crippen LogP contribution in [0.3, 0.4) is 0 Å². The van der Waals surface area contributed by atoms with Gasteiger partial charge in [0.05, 0.1) is 6.54 Å². The maximum Gasteiger partial charge on any atom is 0.325 e. The summed E-state index contributed by atoms with van der Waals surface area (Å²) < 4.78 is 0. The van der Waals surface area contributed by atoms with Crippen molar-refractivity contribution in [2.75, 3.05) is 26.2 Å². The van der Waals surface area contributed by atoms with E-state index in [0.717, 1.165) is 30.8 Å². The summed E-state index contributed by atoms with van der Waals surface area (Å²) >= 11 is 0. The molecule has 6 heteroatoms. The molecule has 2 rings (SSSR count). The van der Waals surface area contributed by atoms with Crippen LogP contribution in [0.4, 0.5) is 4.79 Å². The zero-order chi connectivity index (χ0) is 10.8. The fraction of sp³-hybridized carbons (Fsp3) is 0.667. The Morgan fingerprint density at radius 2 is 1.93 bits per heavy atom. The molecular weight excluding hydrogens is 198 g/mol. The van der Waals surface area contributed by atoms with Crippen LogP contribution in [0.5, 0.6) is 0 Å². The molecule has 0 aromatic rings. The van der Waals surface area contributed by atoms with Crippen molar-refractivity contribution in [3.05, 3.63) is 0 Å². The molecular formula is C9H13N3O3. The first-order valence-corrected chi connectivity index (χ1v) is 5.04. The summed E-state index contributed by atoms with van der Waals surface area (Å²) in [6.45, 7) is 1.36. The fourth-order valence-corrected chi connectivity index (χ4v) is 1.82. The minimum absolute atomic E-state index is 0.00606. The van der Waals surface area contributed by atoms with E-state index in [1.54, 1.807) is 4.90 Å². The van der Waals surface area contributed by atoms with Gasteiger partial charge in [-0.2, -0.15) is 0 Å². The molecule has 15 heavy (non-hydrogen) atoms. The minimum Gasteiger partial charge on any atom is -0.341 e. The molecule has 2 saturated heterocycles. The van der Waals surface area contributed by atoms with Crippen LogP contribution in [0.2, 0.25) is 0 Å². The number of nitrogens with zero attached hydrogens (tertiary/aromatic N) is 2. The first-order valence-electron chi connectivity index (χ1n) is 5.04. The van der Waals surface area contributed by atoms with Gasteiger partial charge < -0.3 is 10.2 Å². The Balaban J connectivity index is 1.93. The molecule has 4 amide bonds. The number of likely N-dealkylation sites (tertiary alicyclic amines) is 1. The van der Waals surface area contributed by atoms with Crippen LogP contribution < -0.4 is 5.32 Å². The second-order valence-electron chi connectivity index (χ2n) is 3.73. The van der Waals surface area contributed by atoms with E-state index in [2.05, 4.69) is 5.32 Å². The van der Waals surface area contributed by atoms with Gasteiger partial charge in [-0.15, -0.1) is 0 Å². The van der Waals surface area contributed by atoms with Crippen molar-refractivity contribution in [3.63, 3.8) is 0 Å². The average Bonchev–Trinajstić information content (AvgIpc) is 2.82. The highest BCUT2D eigenvalue weighted by Crippen LogP contribution is 2.09. The van der Waals surface area contributed by atoms with Crippen molar-refractivity contribution in [1.82, 2.24) is 15.1 Å². The molecule has 0 saturated carbocycles. The van der Waals surface area contributed by atoms with E-state index in [9.17, 15) is 14.4 Å². The first-order chi connectivity index (χ1) is 7.18. The van der Waals surface area contributed by atoms with Crippen LogP contribution in [0, 0.1) is 0 Å². The van der Waals surface area contributed by atoms with E-state index in [-0.39, 0.29) is 24.9 Å². The van der Waals surface area contributed by atoms with Gasteiger partial charge in [-0.3, -0.25) is 14.5 Å². The first kappa shape index (κ1) is 9.95. The molecule has 2 aliphatic heterocycles. The van der Waals surface area contributed by atoms with Crippen molar-refractivity contribution in [2.24, 2.45) is 0 Å². The number of amides is 4. The van der Waals surface area contributed by atoms with Crippen molar-refractivity contribution in [1.29, 1.82) is 0 Å². The second-order valence-corrected chi connectivity index (χ2v) is 3.73. The van der Waals surface area contributed by atoms with E-state index in [4.69, 9.17) is 0 Å². The average molecular weight is 211 g/mol. The molecule has 82 valence electrons. The summed E-state index contributed by atoms with van der Waals surface area (Å²) in [6.07, 6.45) is 2.01. The number of carbonyl (C=O) groups is 3. The maximum absolute atomic E-state index is 11.6. The van der Waals surface area contributed by atoms with E-state index in [0.29, 0.717) is 0 Å². The summed E-state index contributed by atoms with van der Waals surface area (Å²) in [5.41, 5.74) is 0. The quantitative estimate of drug-likeness (QED) is 0.605. The lowest BCUT2D eigenvalue weighted by Gasteiger charge is -2.18. The number of hydrogen-bond acceptors (Lipinski definition) is 3. The van der Waals surface area contributed by atoms with Crippen molar-refractivity contribution in [2.45, 2.75) is 12.8 Å². The highest BCUT2D eigenvalue weighted by Gasteiger charge is 2.31. The van der Waals surface area contributed by atoms with Gasteiger partial charge in [-0.1, -0.05) is 0 Å². The minimum atomic E-state index is -0.465. The van der Waals surface area contributed by atoms with Crippen LogP contribution in [0.1, 0.15) is 12.8 Å². The van der Waals surface area contributed by atoms with Gasteiger partial charge in [-0.05, 0) is 12.8 Å². The molecule has 2 aliphatic rings. The third kappa shape index (κ3) is 1.93. The Morgan fingerprint density at radius 3 is 2.47 bits per heavy atom. The molecule has 0 spiro atoms. The third-order valence-corrected chi connectivity index (χ3v) is 2.69. The third-order valence-electron chi connectivity index (χ3n) is 2.69. The molecule has 2 heterocycles. The lowest BCUT2D eigenvalue weighted by molar-refractivity contribution is -0.135. The van der Waals surface area contributed by atoms with Gasteiger partial charge >= 0.3 is 6.03 Å². The number of hydrogen-bond donors (Lipinski definition) is 1. The molecule has 0 atom stereocenters. The number of carbonyl (C=O) groups excluding carboxylic acids is 3. The summed E-state index contributed by atoms with van der Waals surface area (Å²) in [4.78, 5) is 36.7. The summed E-state index contributed by atoms with van der Waals surface area (Å²) in [6, 6.07) is -0.465. The van der Waals surface area contributed by atoms with Crippen molar-refractivity contribution < 1.29 is 14.4 Å². The van der Waals surface area contributed by atoms with Crippen LogP contribution in [-0.2, 0) is 9.59 Å². The highest BCUT2D eigenvalue weighted by molar-refractivity contribution is 6.04. The Kier molecular flexibility index (Phi) is 2.57. The topological polar surface area (TPSA) is 69.7 Å². The van der Waals surface area contributed by atoms with Crippen LogP contribution in [-0.4, -0.2) is 53.8 Å². The summed E-state index contributed by atoms with van der Waals surface area (Å²) in [7, 11) is 0. The number of rotatable bonds is 2. The van der Waals surface area contributed by atoms with Gasteiger partial charge in [0.1, 0.15) is 6.54 Å². The van der Waals surface area contributed by atoms with Gasteiger partial charge in [-0.25, -0.2) is 4.79 Å². The standard InChI is InChI=1S/C9H13N3O3/c13-7-5-10-9(15)12(7)6-8(14)11-3-1-2-4-11/h1-6H2,(H,10,15). The summed E-state index contributed by atoms with van der Waals surface area (Å²) in [5, 5.41) is 2.38. The maximum atomic E-state index is 11.6. The normalized spacial score (nSPS) is 21.1.